The van der Waals surface area contributed by atoms with Crippen LogP contribution in [0.3, 0.4) is 0 Å². The molecule has 3 N–H and O–H groups in total. The average molecular weight is 343 g/mol. The van der Waals surface area contributed by atoms with Gasteiger partial charge in [0, 0.05) is 21.3 Å². The molecule has 3 nitrogen and oxygen atoms in total. The highest BCUT2D eigenvalue weighted by molar-refractivity contribution is 6.35. The van der Waals surface area contributed by atoms with E-state index in [0.717, 1.165) is 11.3 Å². The molecule has 21 heavy (non-hydrogen) atoms. The second-order valence-electron chi connectivity index (χ2n) is 4.38. The van der Waals surface area contributed by atoms with Crippen LogP contribution in [0.2, 0.25) is 15.1 Å². The number of nitrogen functional groups attached to an aromatic ring is 1. The Morgan fingerprint density at radius 3 is 2.48 bits per heavy atom. The maximum Gasteiger partial charge on any atom is 0.0762 e. The highest BCUT2D eigenvalue weighted by atomic mass is 35.5. The van der Waals surface area contributed by atoms with Crippen LogP contribution in [0.5, 0.6) is 0 Å². The lowest BCUT2D eigenvalue weighted by atomic mass is 10.1. The molecule has 6 heteroatoms. The van der Waals surface area contributed by atoms with Crippen LogP contribution in [-0.2, 0) is 0 Å². The van der Waals surface area contributed by atoms with E-state index in [2.05, 4.69) is 10.5 Å². The predicted molar refractivity (Wildman–Crippen MR) is 92.8 cm³/mol. The fourth-order valence-electron chi connectivity index (χ4n) is 1.82. The van der Waals surface area contributed by atoms with Gasteiger partial charge in [0.05, 0.1) is 16.4 Å². The summed E-state index contributed by atoms with van der Waals surface area (Å²) in [6.07, 6.45) is 0.690. The SMILES string of the molecule is CC/C(=N\Nc1cc(Cl)ccc1Cl)c1cc(Cl)ccc1N. The Bertz CT molecular complexity index is 684. The van der Waals surface area contributed by atoms with Gasteiger partial charge < -0.3 is 5.73 Å². The Balaban J connectivity index is 2.33. The van der Waals surface area contributed by atoms with Crippen LogP contribution in [0.1, 0.15) is 18.9 Å². The standard InChI is InChI=1S/C15H14Cl3N3/c1-2-14(11-7-9(16)4-6-13(11)19)20-21-15-8-10(17)3-5-12(15)18/h3-8,21H,2,19H2,1H3/b20-14+. The monoisotopic (exact) mass is 341 g/mol. The minimum atomic E-state index is 0.540. The van der Waals surface area contributed by atoms with Crippen molar-refractivity contribution in [1.29, 1.82) is 0 Å². The predicted octanol–water partition coefficient (Wildman–Crippen LogP) is 5.46. The van der Waals surface area contributed by atoms with E-state index in [1.165, 1.54) is 0 Å². The van der Waals surface area contributed by atoms with Gasteiger partial charge >= 0.3 is 0 Å². The molecule has 0 spiro atoms. The molecule has 110 valence electrons. The van der Waals surface area contributed by atoms with Gasteiger partial charge in [0.25, 0.3) is 0 Å². The molecule has 0 heterocycles. The van der Waals surface area contributed by atoms with Crippen molar-refractivity contribution in [1.82, 2.24) is 0 Å². The zero-order chi connectivity index (χ0) is 15.4. The largest absolute Gasteiger partial charge is 0.398 e. The van der Waals surface area contributed by atoms with E-state index in [0.29, 0.717) is 32.9 Å². The number of benzene rings is 2. The van der Waals surface area contributed by atoms with Crippen LogP contribution < -0.4 is 11.2 Å². The van der Waals surface area contributed by atoms with Crippen LogP contribution in [0.15, 0.2) is 41.5 Å². The summed E-state index contributed by atoms with van der Waals surface area (Å²) in [5, 5.41) is 6.10. The van der Waals surface area contributed by atoms with Gasteiger partial charge in [-0.2, -0.15) is 5.10 Å². The van der Waals surface area contributed by atoms with Gasteiger partial charge in [-0.3, -0.25) is 5.43 Å². The first kappa shape index (κ1) is 16.0. The van der Waals surface area contributed by atoms with Gasteiger partial charge in [0.1, 0.15) is 0 Å². The lowest BCUT2D eigenvalue weighted by Gasteiger charge is -2.10. The van der Waals surface area contributed by atoms with Crippen molar-refractivity contribution >= 4 is 51.9 Å². The van der Waals surface area contributed by atoms with E-state index >= 15 is 0 Å². The lowest BCUT2D eigenvalue weighted by molar-refractivity contribution is 1.22. The molecule has 0 aliphatic carbocycles. The molecule has 2 aromatic rings. The quantitative estimate of drug-likeness (QED) is 0.440. The Hall–Kier alpha value is -1.42. The van der Waals surface area contributed by atoms with Crippen molar-refractivity contribution in [2.24, 2.45) is 5.10 Å². The van der Waals surface area contributed by atoms with Crippen molar-refractivity contribution in [3.05, 3.63) is 57.0 Å². The molecule has 0 unspecified atom stereocenters. The van der Waals surface area contributed by atoms with E-state index in [1.54, 1.807) is 36.4 Å². The van der Waals surface area contributed by atoms with Gasteiger partial charge in [-0.1, -0.05) is 41.7 Å². The summed E-state index contributed by atoms with van der Waals surface area (Å²) >= 11 is 18.0. The Morgan fingerprint density at radius 2 is 1.76 bits per heavy atom. The molecule has 2 rings (SSSR count). The third-order valence-corrected chi connectivity index (χ3v) is 3.70. The van der Waals surface area contributed by atoms with Crippen LogP contribution in [-0.4, -0.2) is 5.71 Å². The first-order valence-electron chi connectivity index (χ1n) is 6.34. The summed E-state index contributed by atoms with van der Waals surface area (Å²) in [6, 6.07) is 10.4. The van der Waals surface area contributed by atoms with Crippen molar-refractivity contribution in [2.45, 2.75) is 13.3 Å². The third kappa shape index (κ3) is 4.03. The fourth-order valence-corrected chi connectivity index (χ4v) is 2.32. The van der Waals surface area contributed by atoms with Gasteiger partial charge in [0.15, 0.2) is 0 Å². The second-order valence-corrected chi connectivity index (χ2v) is 5.66. The van der Waals surface area contributed by atoms with E-state index in [-0.39, 0.29) is 0 Å². The van der Waals surface area contributed by atoms with Crippen LogP contribution in [0, 0.1) is 0 Å². The van der Waals surface area contributed by atoms with Crippen LogP contribution in [0.25, 0.3) is 0 Å². The number of anilines is 2. The summed E-state index contributed by atoms with van der Waals surface area (Å²) in [7, 11) is 0. The number of nitrogens with one attached hydrogen (secondary N) is 1. The van der Waals surface area contributed by atoms with Crippen LogP contribution >= 0.6 is 34.8 Å². The van der Waals surface area contributed by atoms with Crippen LogP contribution in [0.4, 0.5) is 11.4 Å². The van der Waals surface area contributed by atoms with Gasteiger partial charge in [-0.25, -0.2) is 0 Å². The molecule has 0 aliphatic heterocycles. The van der Waals surface area contributed by atoms with Gasteiger partial charge in [0.2, 0.25) is 0 Å². The molecule has 0 saturated carbocycles. The number of hydrazone groups is 1. The maximum absolute atomic E-state index is 6.09. The first-order chi connectivity index (χ1) is 10.0. The number of hydrogen-bond acceptors (Lipinski definition) is 3. The number of rotatable bonds is 4. The molecule has 0 saturated heterocycles. The molecule has 0 aromatic heterocycles. The zero-order valence-corrected chi connectivity index (χ0v) is 13.6. The second kappa shape index (κ2) is 7.03. The third-order valence-electron chi connectivity index (χ3n) is 2.90. The highest BCUT2D eigenvalue weighted by Gasteiger charge is 2.08. The molecule has 0 aliphatic rings. The van der Waals surface area contributed by atoms with E-state index in [9.17, 15) is 0 Å². The Kier molecular flexibility index (Phi) is 5.34. The molecule has 0 amide bonds. The lowest BCUT2D eigenvalue weighted by Crippen LogP contribution is -2.06. The van der Waals surface area contributed by atoms with Crippen molar-refractivity contribution in [2.75, 3.05) is 11.2 Å². The number of nitrogens with zero attached hydrogens (tertiary/aromatic N) is 1. The Labute approximate surface area is 138 Å². The average Bonchev–Trinajstić information content (AvgIpc) is 2.46. The van der Waals surface area contributed by atoms with Gasteiger partial charge in [-0.05, 0) is 42.8 Å². The zero-order valence-electron chi connectivity index (χ0n) is 11.3. The summed E-state index contributed by atoms with van der Waals surface area (Å²) in [5.74, 6) is 0. The highest BCUT2D eigenvalue weighted by Crippen LogP contribution is 2.26. The molecule has 0 fully saturated rings. The minimum absolute atomic E-state index is 0.540. The molecular weight excluding hydrogens is 329 g/mol. The molecular formula is C15H14Cl3N3. The first-order valence-corrected chi connectivity index (χ1v) is 7.47. The Morgan fingerprint density at radius 1 is 1.10 bits per heavy atom. The topological polar surface area (TPSA) is 50.4 Å². The number of halogens is 3. The molecule has 0 bridgehead atoms. The molecule has 0 radical (unpaired) electrons. The maximum atomic E-state index is 6.09. The number of hydrogen-bond donors (Lipinski definition) is 2. The van der Waals surface area contributed by atoms with Gasteiger partial charge in [-0.15, -0.1) is 0 Å². The summed E-state index contributed by atoms with van der Waals surface area (Å²) in [5.41, 5.74) is 11.7. The fraction of sp³-hybridized carbons (Fsp3) is 0.133. The van der Waals surface area contributed by atoms with Crippen molar-refractivity contribution in [3.63, 3.8) is 0 Å². The normalized spacial score (nSPS) is 11.5. The smallest absolute Gasteiger partial charge is 0.0762 e. The minimum Gasteiger partial charge on any atom is -0.398 e. The summed E-state index contributed by atoms with van der Waals surface area (Å²) < 4.78 is 0. The van der Waals surface area contributed by atoms with E-state index in [1.807, 2.05) is 6.92 Å². The summed E-state index contributed by atoms with van der Waals surface area (Å²) in [4.78, 5) is 0. The molecule has 2 aromatic carbocycles. The number of nitrogens with two attached hydrogens (primary N) is 1. The molecule has 0 atom stereocenters. The summed E-state index contributed by atoms with van der Waals surface area (Å²) in [6.45, 7) is 1.99. The van der Waals surface area contributed by atoms with E-state index in [4.69, 9.17) is 40.5 Å². The van der Waals surface area contributed by atoms with Crippen molar-refractivity contribution < 1.29 is 0 Å². The van der Waals surface area contributed by atoms with Crippen molar-refractivity contribution in [3.8, 4) is 0 Å². The van der Waals surface area contributed by atoms with E-state index < -0.39 is 0 Å².